The highest BCUT2D eigenvalue weighted by Crippen LogP contribution is 2.54. The van der Waals surface area contributed by atoms with Crippen LogP contribution in [0.4, 0.5) is 0 Å². The van der Waals surface area contributed by atoms with Crippen LogP contribution in [0.3, 0.4) is 0 Å². The predicted octanol–water partition coefficient (Wildman–Crippen LogP) is 0.853. The monoisotopic (exact) mass is 182 g/mol. The number of rotatable bonds is 0. The van der Waals surface area contributed by atoms with Crippen LogP contribution in [0.25, 0.3) is 0 Å². The van der Waals surface area contributed by atoms with Crippen molar-refractivity contribution in [3.63, 3.8) is 0 Å². The van der Waals surface area contributed by atoms with Gasteiger partial charge in [0.25, 0.3) is 0 Å². The van der Waals surface area contributed by atoms with Gasteiger partial charge in [-0.3, -0.25) is 4.79 Å². The van der Waals surface area contributed by atoms with E-state index >= 15 is 0 Å². The smallest absolute Gasteiger partial charge is 0.167 e. The maximum Gasteiger partial charge on any atom is 0.167 e. The number of hydrogen-bond acceptors (Lipinski definition) is 3. The summed E-state index contributed by atoms with van der Waals surface area (Å²) in [6.07, 6.45) is 2.67. The average molecular weight is 182 g/mol. The van der Waals surface area contributed by atoms with Crippen LogP contribution < -0.4 is 0 Å². The SMILES string of the molecule is CC12CC3CC(O)(CC(C1)C3=O)O2. The number of aliphatic hydroxyl groups is 1. The van der Waals surface area contributed by atoms with Crippen LogP contribution in [0, 0.1) is 11.8 Å². The standard InChI is InChI=1S/C10H14O3/c1-9-2-6-4-10(12,13-9)5-7(3-9)8(6)11/h6-7,12H,2-5H2,1H3. The van der Waals surface area contributed by atoms with Crippen molar-refractivity contribution in [2.45, 2.75) is 44.0 Å². The highest BCUT2D eigenvalue weighted by Gasteiger charge is 2.60. The molecule has 3 heteroatoms. The van der Waals surface area contributed by atoms with Crippen LogP contribution in [-0.2, 0) is 9.53 Å². The van der Waals surface area contributed by atoms with Gasteiger partial charge in [0, 0.05) is 24.7 Å². The Morgan fingerprint density at radius 3 is 2.31 bits per heavy atom. The lowest BCUT2D eigenvalue weighted by Crippen LogP contribution is -2.63. The van der Waals surface area contributed by atoms with Crippen molar-refractivity contribution in [3.8, 4) is 0 Å². The summed E-state index contributed by atoms with van der Waals surface area (Å²) in [5.74, 6) is -0.480. The van der Waals surface area contributed by atoms with Crippen molar-refractivity contribution < 1.29 is 14.6 Å². The van der Waals surface area contributed by atoms with Crippen molar-refractivity contribution in [2.75, 3.05) is 0 Å². The summed E-state index contributed by atoms with van der Waals surface area (Å²) in [4.78, 5) is 11.7. The molecular weight excluding hydrogens is 168 g/mol. The molecule has 2 saturated heterocycles. The predicted molar refractivity (Wildman–Crippen MR) is 44.9 cm³/mol. The largest absolute Gasteiger partial charge is 0.365 e. The maximum atomic E-state index is 11.7. The van der Waals surface area contributed by atoms with Crippen molar-refractivity contribution >= 4 is 5.78 Å². The van der Waals surface area contributed by atoms with E-state index in [2.05, 4.69) is 0 Å². The molecule has 0 amide bonds. The molecule has 0 spiro atoms. The Labute approximate surface area is 77.1 Å². The van der Waals surface area contributed by atoms with Gasteiger partial charge in [0.2, 0.25) is 0 Å². The fraction of sp³-hybridized carbons (Fsp3) is 0.900. The molecule has 3 nitrogen and oxygen atoms in total. The first-order chi connectivity index (χ1) is 6.00. The van der Waals surface area contributed by atoms with Crippen molar-refractivity contribution in [2.24, 2.45) is 11.8 Å². The van der Waals surface area contributed by atoms with E-state index in [1.165, 1.54) is 0 Å². The van der Waals surface area contributed by atoms with Gasteiger partial charge < -0.3 is 9.84 Å². The van der Waals surface area contributed by atoms with Gasteiger partial charge in [0.1, 0.15) is 5.78 Å². The number of ketones is 1. The Kier molecular flexibility index (Phi) is 1.21. The van der Waals surface area contributed by atoms with E-state index in [0.717, 1.165) is 12.8 Å². The molecule has 0 aromatic carbocycles. The third-order valence-electron chi connectivity index (χ3n) is 3.73. The number of carbonyl (C=O) groups excluding carboxylic acids is 1. The highest BCUT2D eigenvalue weighted by molar-refractivity contribution is 5.86. The fourth-order valence-electron chi connectivity index (χ4n) is 3.48. The minimum absolute atomic E-state index is 0.0660. The zero-order chi connectivity index (χ0) is 9.27. The second-order valence-electron chi connectivity index (χ2n) is 5.11. The molecule has 2 saturated carbocycles. The Morgan fingerprint density at radius 1 is 1.31 bits per heavy atom. The second kappa shape index (κ2) is 1.98. The number of ether oxygens (including phenoxy) is 1. The van der Waals surface area contributed by atoms with Crippen molar-refractivity contribution in [3.05, 3.63) is 0 Å². The molecule has 0 radical (unpaired) electrons. The van der Waals surface area contributed by atoms with E-state index in [1.54, 1.807) is 0 Å². The van der Waals surface area contributed by atoms with Gasteiger partial charge >= 0.3 is 0 Å². The normalized spacial score (nSPS) is 58.8. The molecule has 13 heavy (non-hydrogen) atoms. The summed E-state index contributed by atoms with van der Waals surface area (Å²) in [5.41, 5.74) is -0.228. The molecule has 2 unspecified atom stereocenters. The molecule has 2 aliphatic carbocycles. The Hall–Kier alpha value is -0.410. The zero-order valence-corrected chi connectivity index (χ0v) is 7.75. The molecular formula is C10H14O3. The highest BCUT2D eigenvalue weighted by atomic mass is 16.6. The summed E-state index contributed by atoms with van der Waals surface area (Å²) in [5, 5.41) is 10.0. The van der Waals surface area contributed by atoms with Crippen LogP contribution in [0.1, 0.15) is 32.6 Å². The van der Waals surface area contributed by atoms with Gasteiger partial charge in [-0.2, -0.15) is 0 Å². The van der Waals surface area contributed by atoms with Crippen LogP contribution in [0.2, 0.25) is 0 Å². The van der Waals surface area contributed by atoms with Crippen LogP contribution in [-0.4, -0.2) is 22.3 Å². The fourth-order valence-corrected chi connectivity index (χ4v) is 3.48. The molecule has 4 bridgehead atoms. The summed E-state index contributed by atoms with van der Waals surface area (Å²) in [6.45, 7) is 2.02. The van der Waals surface area contributed by atoms with E-state index in [0.29, 0.717) is 18.6 Å². The quantitative estimate of drug-likeness (QED) is 0.604. The second-order valence-corrected chi connectivity index (χ2v) is 5.11. The van der Waals surface area contributed by atoms with E-state index in [9.17, 15) is 9.90 Å². The van der Waals surface area contributed by atoms with E-state index in [4.69, 9.17) is 4.74 Å². The zero-order valence-electron chi connectivity index (χ0n) is 7.75. The first-order valence-electron chi connectivity index (χ1n) is 4.96. The summed E-state index contributed by atoms with van der Waals surface area (Å²) in [7, 11) is 0. The van der Waals surface area contributed by atoms with Gasteiger partial charge in [-0.1, -0.05) is 0 Å². The number of Topliss-reactive ketones (excluding diaryl/α,β-unsaturated/α-hetero) is 1. The molecule has 2 atom stereocenters. The Bertz CT molecular complexity index is 246. The minimum Gasteiger partial charge on any atom is -0.365 e. The molecule has 4 fully saturated rings. The lowest BCUT2D eigenvalue weighted by atomic mass is 9.61. The Morgan fingerprint density at radius 2 is 1.85 bits per heavy atom. The molecule has 0 aromatic heterocycles. The summed E-state index contributed by atoms with van der Waals surface area (Å²) in [6, 6.07) is 0. The van der Waals surface area contributed by atoms with Crippen LogP contribution in [0.15, 0.2) is 0 Å². The minimum atomic E-state index is -0.978. The number of carbonyl (C=O) groups is 1. The van der Waals surface area contributed by atoms with E-state index in [-0.39, 0.29) is 17.4 Å². The molecule has 2 heterocycles. The van der Waals surface area contributed by atoms with Crippen molar-refractivity contribution in [1.29, 1.82) is 0 Å². The van der Waals surface area contributed by atoms with Gasteiger partial charge in [-0.15, -0.1) is 0 Å². The molecule has 4 aliphatic rings. The van der Waals surface area contributed by atoms with Gasteiger partial charge in [-0.05, 0) is 19.8 Å². The third-order valence-corrected chi connectivity index (χ3v) is 3.73. The third kappa shape index (κ3) is 0.945. The lowest BCUT2D eigenvalue weighted by molar-refractivity contribution is -0.337. The lowest BCUT2D eigenvalue weighted by Gasteiger charge is -2.57. The van der Waals surface area contributed by atoms with E-state index in [1.807, 2.05) is 6.92 Å². The van der Waals surface area contributed by atoms with Gasteiger partial charge in [0.05, 0.1) is 5.60 Å². The van der Waals surface area contributed by atoms with E-state index < -0.39 is 5.79 Å². The van der Waals surface area contributed by atoms with Crippen LogP contribution >= 0.6 is 0 Å². The first kappa shape index (κ1) is 7.94. The first-order valence-corrected chi connectivity index (χ1v) is 4.96. The molecule has 1 N–H and O–H groups in total. The molecule has 2 aliphatic heterocycles. The topological polar surface area (TPSA) is 46.5 Å². The van der Waals surface area contributed by atoms with Gasteiger partial charge in [-0.25, -0.2) is 0 Å². The summed E-state index contributed by atoms with van der Waals surface area (Å²) >= 11 is 0. The average Bonchev–Trinajstić information content (AvgIpc) is 1.94. The van der Waals surface area contributed by atoms with Crippen LogP contribution in [0.5, 0.6) is 0 Å². The molecule has 72 valence electrons. The maximum absolute atomic E-state index is 11.7. The number of hydrogen-bond donors (Lipinski definition) is 1. The molecule has 0 aromatic rings. The molecule has 4 rings (SSSR count). The Balaban J connectivity index is 2.04. The van der Waals surface area contributed by atoms with Crippen molar-refractivity contribution in [1.82, 2.24) is 0 Å². The van der Waals surface area contributed by atoms with Gasteiger partial charge in [0.15, 0.2) is 5.79 Å². The summed E-state index contributed by atoms with van der Waals surface area (Å²) < 4.78 is 5.65.